The first kappa shape index (κ1) is 91.3. The number of esters is 3. The second kappa shape index (κ2) is 63.0. The van der Waals surface area contributed by atoms with E-state index in [1.165, 1.54) is 54.4 Å². The number of carboxylic acids is 1. The highest BCUT2D eigenvalue weighted by Crippen LogP contribution is 2.11. The lowest BCUT2D eigenvalue weighted by Gasteiger charge is -2.21. The van der Waals surface area contributed by atoms with E-state index in [0.29, 0.717) is 38.5 Å². The number of hydrogen-bond acceptors (Lipinski definition) is 28. The number of carboxylic acid groups (broad SMARTS) is 1. The normalized spacial score (nSPS) is 14.5. The van der Waals surface area contributed by atoms with E-state index in [1.807, 2.05) is 27.7 Å². The maximum Gasteiger partial charge on any atom is 0.305 e. The molecule has 5 amide bonds. The maximum absolute atomic E-state index is 11.9. The highest BCUT2D eigenvalue weighted by Gasteiger charge is 2.24. The molecule has 0 aliphatic carbocycles. The Morgan fingerprint density at radius 2 is 0.800 bits per heavy atom. The van der Waals surface area contributed by atoms with Gasteiger partial charge >= 0.3 is 23.9 Å². The van der Waals surface area contributed by atoms with Crippen LogP contribution in [0.4, 0.5) is 0 Å². The molecule has 0 saturated heterocycles. The molecule has 1 aliphatic heterocycles. The van der Waals surface area contributed by atoms with Gasteiger partial charge in [0, 0.05) is 125 Å². The van der Waals surface area contributed by atoms with Crippen LogP contribution < -0.4 is 16.0 Å². The number of imide groups is 1. The summed E-state index contributed by atoms with van der Waals surface area (Å²) in [5.41, 5.74) is 0. The van der Waals surface area contributed by atoms with E-state index in [4.69, 9.17) is 88.5 Å². The lowest BCUT2D eigenvalue weighted by atomic mass is 10.0. The molecular weight excluding hydrogens is 1260 g/mol. The van der Waals surface area contributed by atoms with Crippen molar-refractivity contribution < 1.29 is 142 Å². The van der Waals surface area contributed by atoms with Crippen molar-refractivity contribution in [2.45, 2.75) is 187 Å². The Kier molecular flexibility index (Phi) is 60.6. The molecule has 33 heteroatoms. The largest absolute Gasteiger partial charge is 0.481 e. The second-order valence-corrected chi connectivity index (χ2v) is 20.6. The van der Waals surface area contributed by atoms with Crippen LogP contribution in [0, 0.1) is 5.89 Å². The van der Waals surface area contributed by atoms with E-state index >= 15 is 0 Å². The number of carbonyl (C=O) groups is 10. The summed E-state index contributed by atoms with van der Waals surface area (Å²) in [7, 11) is 5.70. The first-order valence-electron chi connectivity index (χ1n) is 32.2. The van der Waals surface area contributed by atoms with Gasteiger partial charge in [-0.15, -0.1) is 0 Å². The summed E-state index contributed by atoms with van der Waals surface area (Å²) in [5, 5.41) is 60.9. The maximum atomic E-state index is 11.9. The SMILES string of the molecule is CCC(CO)OC(CO)OC.CCC(CO)OC(COC(=O)CCCC(=O)NCCNC(=O)CCOCCOCCNC(=O)CCN1C(=O)C=CC1=O)OC.CCC(CO)OC(COC(=O)CCCC(=O)O)OC.[2H]C(C)(C)C(=O)CCCC(=O)OCC(OC)OC(CC)CO. The number of methoxy groups -OCH3 is 4. The van der Waals surface area contributed by atoms with Crippen molar-refractivity contribution in [2.24, 2.45) is 5.89 Å². The fourth-order valence-electron chi connectivity index (χ4n) is 7.00. The number of ether oxygens (including phenoxy) is 13. The molecule has 0 saturated carbocycles. The number of rotatable bonds is 55. The molecule has 0 radical (unpaired) electrons. The lowest BCUT2D eigenvalue weighted by molar-refractivity contribution is -0.194. The Balaban J connectivity index is -0.00000138. The topological polar surface area (TPSA) is 451 Å². The molecule has 9 N–H and O–H groups in total. The summed E-state index contributed by atoms with van der Waals surface area (Å²) in [4.78, 5) is 116. The summed E-state index contributed by atoms with van der Waals surface area (Å²) in [5.74, 6) is -5.35. The van der Waals surface area contributed by atoms with Gasteiger partial charge in [-0.2, -0.15) is 0 Å². The van der Waals surface area contributed by atoms with Gasteiger partial charge in [0.05, 0.1) is 83.9 Å². The standard InChI is InChI=1S/C28H46N4O12.C15H28O6.C12H22O7.C7H16O4/c1-3-21(19-33)44-28(40-2)20-43-27(39)6-4-5-22(34)29-11-12-30-24(36)10-15-41-17-18-42-16-13-31-23(35)9-14-32-25(37)7-8-26(32)38;1-5-12(9-16)21-15(19-4)10-20-14(18)8-6-7-13(17)11(2)3;1-3-9(7-13)19-12(17-2)8-18-11(16)6-4-5-10(14)15;1-3-6(4-8)11-7(5-9)10-2/h7-8,21,28,33H,3-6,9-20H2,1-2H3,(H,29,34)(H,30,36)(H,31,35);11-12,15-16H,5-10H2,1-4H3;9,12-13H,3-8H2,1-2H3,(H,14,15);6-9H,3-5H2,1-2H3/i;11D;;. The summed E-state index contributed by atoms with van der Waals surface area (Å²) in [6.07, 6.45) is 2.07. The van der Waals surface area contributed by atoms with Crippen molar-refractivity contribution in [1.82, 2.24) is 20.9 Å². The number of nitrogens with one attached hydrogen (secondary N) is 3. The van der Waals surface area contributed by atoms with Gasteiger partial charge in [0.2, 0.25) is 17.7 Å². The van der Waals surface area contributed by atoms with Gasteiger partial charge in [-0.05, 0) is 44.9 Å². The number of aliphatic carboxylic acids is 1. The van der Waals surface area contributed by atoms with E-state index in [2.05, 4.69) is 16.0 Å². The third-order valence-corrected chi connectivity index (χ3v) is 12.9. The van der Waals surface area contributed by atoms with Gasteiger partial charge in [-0.1, -0.05) is 41.5 Å². The molecule has 95 heavy (non-hydrogen) atoms. The van der Waals surface area contributed by atoms with Crippen LogP contribution in [0.1, 0.15) is 139 Å². The third-order valence-electron chi connectivity index (χ3n) is 12.9. The van der Waals surface area contributed by atoms with Gasteiger partial charge in [0.1, 0.15) is 25.6 Å². The monoisotopic (exact) mass is 1380 g/mol. The van der Waals surface area contributed by atoms with Crippen molar-refractivity contribution in [3.05, 3.63) is 12.2 Å². The van der Waals surface area contributed by atoms with Gasteiger partial charge in [-0.25, -0.2) is 0 Å². The zero-order valence-corrected chi connectivity index (χ0v) is 57.2. The Morgan fingerprint density at radius 1 is 0.453 bits per heavy atom. The molecule has 0 aromatic carbocycles. The van der Waals surface area contributed by atoms with Gasteiger partial charge in [-0.3, -0.25) is 52.8 Å². The van der Waals surface area contributed by atoms with Crippen molar-refractivity contribution in [3.8, 4) is 0 Å². The molecule has 1 heterocycles. The molecule has 0 spiro atoms. The van der Waals surface area contributed by atoms with Crippen LogP contribution in [0.5, 0.6) is 0 Å². The van der Waals surface area contributed by atoms with E-state index in [9.17, 15) is 53.1 Å². The van der Waals surface area contributed by atoms with Gasteiger partial charge in [0.15, 0.2) is 25.2 Å². The zero-order valence-electron chi connectivity index (χ0n) is 58.2. The number of aliphatic hydroxyl groups is 5. The molecular formula is C62H112N4O29. The summed E-state index contributed by atoms with van der Waals surface area (Å²) >= 11 is 0. The Labute approximate surface area is 559 Å². The molecule has 0 aromatic heterocycles. The number of Topliss-reactive ketones (excluding diaryl/α,β-unsaturated/α-hetero) is 1. The fraction of sp³-hybridized carbons (Fsp3) is 0.806. The van der Waals surface area contributed by atoms with Crippen molar-refractivity contribution in [3.63, 3.8) is 0 Å². The Morgan fingerprint density at radius 3 is 1.16 bits per heavy atom. The fourth-order valence-corrected chi connectivity index (χ4v) is 7.00. The number of hydrogen-bond donors (Lipinski definition) is 9. The number of ketones is 1. The van der Waals surface area contributed by atoms with Crippen LogP contribution in [-0.4, -0.2) is 278 Å². The molecule has 554 valence electrons. The molecule has 0 bridgehead atoms. The highest BCUT2D eigenvalue weighted by atomic mass is 16.7. The molecule has 33 nitrogen and oxygen atoms in total. The van der Waals surface area contributed by atoms with Crippen LogP contribution >= 0.6 is 0 Å². The van der Waals surface area contributed by atoms with Crippen LogP contribution in [0.2, 0.25) is 0 Å². The summed E-state index contributed by atoms with van der Waals surface area (Å²) in [6, 6.07) is 0. The number of aliphatic hydroxyl groups excluding tert-OH is 5. The molecule has 1 aliphatic rings. The molecule has 8 atom stereocenters. The molecule has 1 rings (SSSR count). The predicted molar refractivity (Wildman–Crippen MR) is 337 cm³/mol. The first-order valence-corrected chi connectivity index (χ1v) is 31.7. The summed E-state index contributed by atoms with van der Waals surface area (Å²) in [6.45, 7) is 11.3. The van der Waals surface area contributed by atoms with E-state index in [1.54, 1.807) is 0 Å². The van der Waals surface area contributed by atoms with E-state index in [-0.39, 0.29) is 205 Å². The Hall–Kier alpha value is -5.76. The van der Waals surface area contributed by atoms with Crippen LogP contribution in [-0.2, 0) is 110 Å². The number of nitrogens with zero attached hydrogens (tertiary/aromatic N) is 1. The lowest BCUT2D eigenvalue weighted by Crippen LogP contribution is -2.35. The third kappa shape index (κ3) is 54.0. The zero-order chi connectivity index (χ0) is 73.1. The number of carbonyl (C=O) groups excluding carboxylic acids is 9. The van der Waals surface area contributed by atoms with Crippen LogP contribution in [0.15, 0.2) is 12.2 Å². The highest BCUT2D eigenvalue weighted by molar-refractivity contribution is 6.13. The van der Waals surface area contributed by atoms with Crippen LogP contribution in [0.3, 0.4) is 0 Å². The smallest absolute Gasteiger partial charge is 0.305 e. The second-order valence-electron chi connectivity index (χ2n) is 20.6. The minimum Gasteiger partial charge on any atom is -0.481 e. The molecule has 0 aromatic rings. The molecule has 0 fully saturated rings. The van der Waals surface area contributed by atoms with Gasteiger partial charge in [0.25, 0.3) is 11.8 Å². The van der Waals surface area contributed by atoms with Crippen LogP contribution in [0.25, 0.3) is 0 Å². The van der Waals surface area contributed by atoms with Gasteiger partial charge < -0.3 is 108 Å². The average Bonchev–Trinajstić information content (AvgIpc) is 1.81. The minimum atomic E-state index is -1.13. The van der Waals surface area contributed by atoms with E-state index in [0.717, 1.165) is 4.90 Å². The van der Waals surface area contributed by atoms with Crippen molar-refractivity contribution >= 4 is 59.2 Å². The quantitative estimate of drug-likeness (QED) is 0.0132. The van der Waals surface area contributed by atoms with Crippen molar-refractivity contribution in [2.75, 3.05) is 134 Å². The molecule has 8 unspecified atom stereocenters. The number of amides is 5. The minimum absolute atomic E-state index is 0.00954. The summed E-state index contributed by atoms with van der Waals surface area (Å²) < 4.78 is 74.4. The Bertz CT molecular complexity index is 2090. The first-order chi connectivity index (χ1) is 45.7. The average molecular weight is 1380 g/mol. The van der Waals surface area contributed by atoms with Crippen molar-refractivity contribution in [1.29, 1.82) is 0 Å². The van der Waals surface area contributed by atoms with E-state index < -0.39 is 72.8 Å². The predicted octanol–water partition coefficient (Wildman–Crippen LogP) is 0.515.